The predicted molar refractivity (Wildman–Crippen MR) is 121 cm³/mol. The van der Waals surface area contributed by atoms with Crippen LogP contribution in [0, 0.1) is 13.8 Å². The van der Waals surface area contributed by atoms with Crippen LogP contribution in [-0.2, 0) is 23.1 Å². The van der Waals surface area contributed by atoms with Crippen molar-refractivity contribution in [2.75, 3.05) is 23.2 Å². The number of carbonyl (C=O) groups is 2. The third-order valence-electron chi connectivity index (χ3n) is 5.02. The molecular formula is C22H23N5O4S. The standard InChI is InChI=1S/C22H23N5O4S/c1-13-4-5-15(8-14(13)2)23-20(28)10-19-25-26-22(27(19)3)32-11-21(29)24-16-6-7-17-18(9-16)31-12-30-17/h4-9H,10-12H2,1-3H3,(H,23,28)(H,24,29). The van der Waals surface area contributed by atoms with Crippen molar-refractivity contribution in [3.63, 3.8) is 0 Å². The molecule has 0 saturated carbocycles. The summed E-state index contributed by atoms with van der Waals surface area (Å²) in [5, 5.41) is 14.5. The lowest BCUT2D eigenvalue weighted by Crippen LogP contribution is -2.17. The fourth-order valence-electron chi connectivity index (χ4n) is 3.09. The maximum Gasteiger partial charge on any atom is 0.234 e. The minimum absolute atomic E-state index is 0.0837. The Morgan fingerprint density at radius 2 is 1.69 bits per heavy atom. The van der Waals surface area contributed by atoms with Crippen LogP contribution in [0.3, 0.4) is 0 Å². The Hall–Kier alpha value is -3.53. The van der Waals surface area contributed by atoms with Crippen molar-refractivity contribution >= 4 is 35.0 Å². The number of ether oxygens (including phenoxy) is 2. The average Bonchev–Trinajstić information content (AvgIpc) is 3.36. The van der Waals surface area contributed by atoms with Crippen molar-refractivity contribution in [1.82, 2.24) is 14.8 Å². The van der Waals surface area contributed by atoms with E-state index in [1.165, 1.54) is 17.3 Å². The average molecular weight is 454 g/mol. The number of aromatic nitrogens is 3. The molecule has 1 aliphatic rings. The second-order valence-corrected chi connectivity index (χ2v) is 8.33. The highest BCUT2D eigenvalue weighted by atomic mass is 32.2. The number of hydrogen-bond donors (Lipinski definition) is 2. The minimum Gasteiger partial charge on any atom is -0.454 e. The molecule has 0 atom stereocenters. The van der Waals surface area contributed by atoms with Crippen LogP contribution in [0.1, 0.15) is 17.0 Å². The van der Waals surface area contributed by atoms with E-state index in [0.717, 1.165) is 11.3 Å². The molecule has 166 valence electrons. The second-order valence-electron chi connectivity index (χ2n) is 7.39. The van der Waals surface area contributed by atoms with E-state index in [0.29, 0.717) is 28.2 Å². The van der Waals surface area contributed by atoms with Crippen molar-refractivity contribution in [2.24, 2.45) is 7.05 Å². The SMILES string of the molecule is Cc1ccc(NC(=O)Cc2nnc(SCC(=O)Nc3ccc4c(c3)OCO4)n2C)cc1C. The molecule has 0 fully saturated rings. The van der Waals surface area contributed by atoms with E-state index in [1.807, 2.05) is 32.0 Å². The highest BCUT2D eigenvalue weighted by Crippen LogP contribution is 2.34. The molecule has 2 N–H and O–H groups in total. The Labute approximate surface area is 189 Å². The fourth-order valence-corrected chi connectivity index (χ4v) is 3.82. The smallest absolute Gasteiger partial charge is 0.234 e. The lowest BCUT2D eigenvalue weighted by molar-refractivity contribution is -0.116. The lowest BCUT2D eigenvalue weighted by Gasteiger charge is -2.08. The molecule has 0 bridgehead atoms. The van der Waals surface area contributed by atoms with E-state index in [2.05, 4.69) is 20.8 Å². The zero-order valence-corrected chi connectivity index (χ0v) is 18.8. The summed E-state index contributed by atoms with van der Waals surface area (Å²) < 4.78 is 12.3. The van der Waals surface area contributed by atoms with Gasteiger partial charge in [0, 0.05) is 24.5 Å². The molecule has 10 heteroatoms. The molecule has 4 rings (SSSR count). The summed E-state index contributed by atoms with van der Waals surface area (Å²) in [6, 6.07) is 11.0. The van der Waals surface area contributed by atoms with E-state index in [9.17, 15) is 9.59 Å². The summed E-state index contributed by atoms with van der Waals surface area (Å²) in [6.07, 6.45) is 0.0837. The van der Waals surface area contributed by atoms with Crippen LogP contribution in [0.4, 0.5) is 11.4 Å². The normalized spacial score (nSPS) is 12.0. The van der Waals surface area contributed by atoms with Gasteiger partial charge in [0.2, 0.25) is 18.6 Å². The van der Waals surface area contributed by atoms with Crippen LogP contribution < -0.4 is 20.1 Å². The van der Waals surface area contributed by atoms with Gasteiger partial charge in [0.25, 0.3) is 0 Å². The van der Waals surface area contributed by atoms with Gasteiger partial charge in [-0.15, -0.1) is 10.2 Å². The largest absolute Gasteiger partial charge is 0.454 e. The van der Waals surface area contributed by atoms with E-state index >= 15 is 0 Å². The van der Waals surface area contributed by atoms with Gasteiger partial charge in [-0.3, -0.25) is 9.59 Å². The number of carbonyl (C=O) groups excluding carboxylic acids is 2. The first kappa shape index (κ1) is 21.7. The lowest BCUT2D eigenvalue weighted by atomic mass is 10.1. The topological polar surface area (TPSA) is 107 Å². The van der Waals surface area contributed by atoms with Crippen molar-refractivity contribution in [2.45, 2.75) is 25.4 Å². The molecule has 0 saturated heterocycles. The zero-order valence-electron chi connectivity index (χ0n) is 18.0. The molecule has 1 aromatic heterocycles. The number of amides is 2. The maximum absolute atomic E-state index is 12.4. The number of hydrogen-bond acceptors (Lipinski definition) is 7. The van der Waals surface area contributed by atoms with Crippen LogP contribution in [0.25, 0.3) is 0 Å². The molecular weight excluding hydrogens is 430 g/mol. The Morgan fingerprint density at radius 1 is 0.969 bits per heavy atom. The molecule has 0 radical (unpaired) electrons. The minimum atomic E-state index is -0.189. The molecule has 2 heterocycles. The molecule has 32 heavy (non-hydrogen) atoms. The van der Waals surface area contributed by atoms with Crippen molar-refractivity contribution in [1.29, 1.82) is 0 Å². The summed E-state index contributed by atoms with van der Waals surface area (Å²) >= 11 is 1.24. The summed E-state index contributed by atoms with van der Waals surface area (Å²) in [4.78, 5) is 24.7. The van der Waals surface area contributed by atoms with Gasteiger partial charge in [0.05, 0.1) is 12.2 Å². The predicted octanol–water partition coefficient (Wildman–Crippen LogP) is 3.07. The Kier molecular flexibility index (Phi) is 6.31. The Morgan fingerprint density at radius 3 is 2.50 bits per heavy atom. The Balaban J connectivity index is 1.30. The molecule has 0 spiro atoms. The number of nitrogens with zero attached hydrogens (tertiary/aromatic N) is 3. The van der Waals surface area contributed by atoms with Gasteiger partial charge in [0.1, 0.15) is 5.82 Å². The number of thioether (sulfide) groups is 1. The van der Waals surface area contributed by atoms with Gasteiger partial charge < -0.3 is 24.7 Å². The number of rotatable bonds is 7. The third-order valence-corrected chi connectivity index (χ3v) is 6.04. The number of aryl methyl sites for hydroxylation is 2. The van der Waals surface area contributed by atoms with Gasteiger partial charge in [-0.1, -0.05) is 17.8 Å². The number of nitrogens with one attached hydrogen (secondary N) is 2. The summed E-state index contributed by atoms with van der Waals surface area (Å²) in [5.41, 5.74) is 3.65. The highest BCUT2D eigenvalue weighted by molar-refractivity contribution is 7.99. The van der Waals surface area contributed by atoms with Crippen LogP contribution in [0.15, 0.2) is 41.6 Å². The van der Waals surface area contributed by atoms with Gasteiger partial charge in [-0.2, -0.15) is 0 Å². The van der Waals surface area contributed by atoms with Crippen molar-refractivity contribution in [3.05, 3.63) is 53.3 Å². The quantitative estimate of drug-likeness (QED) is 0.530. The van der Waals surface area contributed by atoms with Gasteiger partial charge in [-0.25, -0.2) is 0 Å². The monoisotopic (exact) mass is 453 g/mol. The van der Waals surface area contributed by atoms with Crippen LogP contribution in [-0.4, -0.2) is 39.1 Å². The number of anilines is 2. The first-order valence-corrected chi connectivity index (χ1v) is 11.0. The first-order valence-electron chi connectivity index (χ1n) is 9.97. The molecule has 0 unspecified atom stereocenters. The van der Waals surface area contributed by atoms with Crippen LogP contribution in [0.2, 0.25) is 0 Å². The zero-order chi connectivity index (χ0) is 22.7. The van der Waals surface area contributed by atoms with E-state index in [-0.39, 0.29) is 30.8 Å². The molecule has 3 aromatic rings. The number of benzene rings is 2. The van der Waals surface area contributed by atoms with E-state index in [1.54, 1.807) is 29.8 Å². The Bertz CT molecular complexity index is 1180. The molecule has 2 amide bonds. The molecule has 1 aliphatic heterocycles. The molecule has 0 aliphatic carbocycles. The van der Waals surface area contributed by atoms with Crippen LogP contribution >= 0.6 is 11.8 Å². The molecule has 9 nitrogen and oxygen atoms in total. The van der Waals surface area contributed by atoms with E-state index < -0.39 is 0 Å². The summed E-state index contributed by atoms with van der Waals surface area (Å²) in [7, 11) is 1.77. The van der Waals surface area contributed by atoms with Crippen LogP contribution in [0.5, 0.6) is 11.5 Å². The van der Waals surface area contributed by atoms with Crippen molar-refractivity contribution in [3.8, 4) is 11.5 Å². The van der Waals surface area contributed by atoms with Crippen molar-refractivity contribution < 1.29 is 19.1 Å². The summed E-state index contributed by atoms with van der Waals surface area (Å²) in [6.45, 7) is 4.20. The van der Waals surface area contributed by atoms with Gasteiger partial charge in [0.15, 0.2) is 16.7 Å². The third kappa shape index (κ3) is 5.02. The summed E-state index contributed by atoms with van der Waals surface area (Å²) in [5.74, 6) is 1.56. The highest BCUT2D eigenvalue weighted by Gasteiger charge is 2.16. The molecule has 2 aromatic carbocycles. The van der Waals surface area contributed by atoms with Gasteiger partial charge in [-0.05, 0) is 49.2 Å². The van der Waals surface area contributed by atoms with E-state index in [4.69, 9.17) is 9.47 Å². The number of fused-ring (bicyclic) bond motifs is 1. The second kappa shape index (κ2) is 9.31. The fraction of sp³-hybridized carbons (Fsp3) is 0.273. The maximum atomic E-state index is 12.4. The first-order chi connectivity index (χ1) is 15.4. The van der Waals surface area contributed by atoms with Gasteiger partial charge >= 0.3 is 0 Å².